The number of ether oxygens (including phenoxy) is 1. The lowest BCUT2D eigenvalue weighted by atomic mass is 9.95. The summed E-state index contributed by atoms with van der Waals surface area (Å²) in [5.41, 5.74) is 6.80. The largest absolute Gasteiger partial charge is 0.496 e. The fourth-order valence-electron chi connectivity index (χ4n) is 6.81. The molecule has 0 aliphatic carbocycles. The van der Waals surface area contributed by atoms with Gasteiger partial charge in [-0.05, 0) is 42.2 Å². The Hall–Kier alpha value is -4.74. The zero-order chi connectivity index (χ0) is 35.5. The summed E-state index contributed by atoms with van der Waals surface area (Å²) in [6, 6.07) is 21.7. The molecule has 2 saturated heterocycles. The Morgan fingerprint density at radius 1 is 0.765 bits per heavy atom. The van der Waals surface area contributed by atoms with Gasteiger partial charge in [0.05, 0.1) is 17.2 Å². The number of benzene rings is 3. The van der Waals surface area contributed by atoms with Gasteiger partial charge in [0.2, 0.25) is 11.8 Å². The Bertz CT molecular complexity index is 2190. The van der Waals surface area contributed by atoms with Crippen molar-refractivity contribution < 1.29 is 14.3 Å². The van der Waals surface area contributed by atoms with Gasteiger partial charge in [0, 0.05) is 96.9 Å². The normalized spacial score (nSPS) is 17.2. The quantitative estimate of drug-likeness (QED) is 0.129. The van der Waals surface area contributed by atoms with Gasteiger partial charge in [-0.15, -0.1) is 0 Å². The number of rotatable bonds is 12. The molecule has 2 aliphatic heterocycles. The van der Waals surface area contributed by atoms with Gasteiger partial charge in [-0.3, -0.25) is 18.8 Å². The number of hydrogen-bond donors (Lipinski definition) is 4. The van der Waals surface area contributed by atoms with E-state index in [1.807, 2.05) is 66.7 Å². The molecule has 2 fully saturated rings. The summed E-state index contributed by atoms with van der Waals surface area (Å²) in [6.45, 7) is 2.25. The lowest BCUT2D eigenvalue weighted by Gasteiger charge is -2.16. The number of fused-ring (bicyclic) bond motifs is 1. The Labute approximate surface area is 305 Å². The summed E-state index contributed by atoms with van der Waals surface area (Å²) in [7, 11) is 1.65. The van der Waals surface area contributed by atoms with Gasteiger partial charge in [-0.2, -0.15) is 0 Å². The van der Waals surface area contributed by atoms with Crippen molar-refractivity contribution in [1.29, 1.82) is 0 Å². The molecular weight excluding hydrogens is 687 g/mol. The van der Waals surface area contributed by atoms with E-state index >= 15 is 0 Å². The van der Waals surface area contributed by atoms with Gasteiger partial charge < -0.3 is 26.0 Å². The summed E-state index contributed by atoms with van der Waals surface area (Å²) in [6.07, 6.45) is 6.06. The van der Waals surface area contributed by atoms with Crippen LogP contribution < -0.4 is 31.6 Å². The average Bonchev–Trinajstić information content (AvgIpc) is 3.76. The number of aromatic nitrogens is 2. The van der Waals surface area contributed by atoms with Gasteiger partial charge in [-0.1, -0.05) is 71.7 Å². The van der Waals surface area contributed by atoms with Crippen molar-refractivity contribution in [2.24, 2.45) is 0 Å². The van der Waals surface area contributed by atoms with Crippen LogP contribution in [0, 0.1) is 0 Å². The Morgan fingerprint density at radius 3 is 1.90 bits per heavy atom. The highest BCUT2D eigenvalue weighted by Gasteiger charge is 2.22. The molecule has 3 aromatic carbocycles. The minimum absolute atomic E-state index is 0.0632. The van der Waals surface area contributed by atoms with Crippen LogP contribution in [0.5, 0.6) is 5.75 Å². The summed E-state index contributed by atoms with van der Waals surface area (Å²) >= 11 is 14.2. The van der Waals surface area contributed by atoms with Crippen molar-refractivity contribution in [2.75, 3.05) is 20.2 Å². The van der Waals surface area contributed by atoms with Gasteiger partial charge >= 0.3 is 0 Å². The molecule has 2 atom stereocenters. The van der Waals surface area contributed by atoms with Crippen molar-refractivity contribution in [3.8, 4) is 39.1 Å². The van der Waals surface area contributed by atoms with Gasteiger partial charge in [-0.25, -0.2) is 4.98 Å². The van der Waals surface area contributed by atoms with Gasteiger partial charge in [0.25, 0.3) is 5.56 Å². The zero-order valence-electron chi connectivity index (χ0n) is 28.1. The van der Waals surface area contributed by atoms with Crippen molar-refractivity contribution in [2.45, 2.75) is 50.9 Å². The van der Waals surface area contributed by atoms with Crippen molar-refractivity contribution in [1.82, 2.24) is 30.7 Å². The number of methoxy groups -OCH3 is 1. The minimum atomic E-state index is -0.155. The van der Waals surface area contributed by atoms with E-state index in [0.29, 0.717) is 60.3 Å². The molecule has 0 saturated carbocycles. The molecule has 0 radical (unpaired) electrons. The highest BCUT2D eigenvalue weighted by atomic mass is 35.5. The molecule has 10 nitrogen and oxygen atoms in total. The number of amides is 2. The molecule has 12 heteroatoms. The third-order valence-electron chi connectivity index (χ3n) is 9.56. The number of nitrogens with one attached hydrogen (secondary N) is 4. The van der Waals surface area contributed by atoms with Crippen LogP contribution in [0.15, 0.2) is 83.9 Å². The Balaban J connectivity index is 1.10. The maximum atomic E-state index is 13.3. The summed E-state index contributed by atoms with van der Waals surface area (Å²) in [5, 5.41) is 13.7. The van der Waals surface area contributed by atoms with E-state index < -0.39 is 0 Å². The molecular formula is C39H38Cl2N6O4. The predicted octanol–water partition coefficient (Wildman–Crippen LogP) is 5.75. The topological polar surface area (TPSA) is 126 Å². The van der Waals surface area contributed by atoms with E-state index in [9.17, 15) is 14.4 Å². The summed E-state index contributed by atoms with van der Waals surface area (Å²) in [4.78, 5) is 40.8. The zero-order valence-corrected chi connectivity index (χ0v) is 29.6. The molecule has 262 valence electrons. The number of carbonyl (C=O) groups excluding carboxylic acids is 2. The second-order valence-corrected chi connectivity index (χ2v) is 13.7. The van der Waals surface area contributed by atoms with E-state index in [1.165, 1.54) is 4.40 Å². The molecule has 2 aliphatic rings. The number of hydrogen-bond acceptors (Lipinski definition) is 7. The third kappa shape index (κ3) is 7.50. The molecule has 4 N–H and O–H groups in total. The third-order valence-corrected chi connectivity index (χ3v) is 10.4. The molecule has 51 heavy (non-hydrogen) atoms. The molecule has 4 heterocycles. The first-order valence-electron chi connectivity index (χ1n) is 17.0. The lowest BCUT2D eigenvalue weighted by molar-refractivity contribution is -0.120. The highest BCUT2D eigenvalue weighted by molar-refractivity contribution is 6.39. The molecule has 0 bridgehead atoms. The standard InChI is InChI=1S/C39H38Cl2N6O4/c1-51-33-16-23(8-9-25(33)18-42-21-27-10-12-35(48)45-27)29-4-2-6-31(37(29)40)32-7-3-5-30(38(32)41)24-14-15-47-34(17-24)44-20-26(39(47)50)19-43-22-28-11-13-36(49)46-28/h2-9,14-17,20,27-28,42-43H,10-13,18-19,21-22H2,1H3,(H,45,48)(H,46,49)/t27-,28-/m0/s1. The summed E-state index contributed by atoms with van der Waals surface area (Å²) in [5.74, 6) is 0.907. The van der Waals surface area contributed by atoms with E-state index in [0.717, 1.165) is 57.5 Å². The van der Waals surface area contributed by atoms with Crippen LogP contribution in [0.2, 0.25) is 10.0 Å². The fourth-order valence-corrected chi connectivity index (χ4v) is 7.48. The molecule has 2 aromatic heterocycles. The fraction of sp³-hybridized carbons (Fsp3) is 0.282. The number of halogens is 2. The second kappa shape index (κ2) is 15.2. The van der Waals surface area contributed by atoms with Crippen LogP contribution in [0.4, 0.5) is 0 Å². The number of carbonyl (C=O) groups is 2. The summed E-state index contributed by atoms with van der Waals surface area (Å²) < 4.78 is 7.28. The van der Waals surface area contributed by atoms with Crippen LogP contribution in [-0.4, -0.2) is 53.5 Å². The number of nitrogens with zero attached hydrogens (tertiary/aromatic N) is 2. The van der Waals surface area contributed by atoms with E-state index in [1.54, 1.807) is 19.5 Å². The van der Waals surface area contributed by atoms with Gasteiger partial charge in [0.15, 0.2) is 0 Å². The molecule has 0 spiro atoms. The maximum absolute atomic E-state index is 13.3. The first-order valence-corrected chi connectivity index (χ1v) is 17.8. The van der Waals surface area contributed by atoms with Crippen LogP contribution in [0.1, 0.15) is 36.8 Å². The van der Waals surface area contributed by atoms with E-state index in [2.05, 4.69) is 26.3 Å². The van der Waals surface area contributed by atoms with Crippen LogP contribution in [0.25, 0.3) is 39.0 Å². The SMILES string of the molecule is COc1cc(-c2cccc(-c3cccc(-c4ccn5c(=O)c(CNC[C@@H]6CCC(=O)N6)cnc5c4)c3Cl)c2Cl)ccc1CNC[C@@H]1CCC(=O)N1. The van der Waals surface area contributed by atoms with Crippen LogP contribution in [0.3, 0.4) is 0 Å². The highest BCUT2D eigenvalue weighted by Crippen LogP contribution is 2.43. The molecule has 0 unspecified atom stereocenters. The minimum Gasteiger partial charge on any atom is -0.496 e. The van der Waals surface area contributed by atoms with Crippen molar-refractivity contribution in [3.63, 3.8) is 0 Å². The van der Waals surface area contributed by atoms with Crippen LogP contribution in [-0.2, 0) is 22.7 Å². The van der Waals surface area contributed by atoms with E-state index in [-0.39, 0.29) is 29.5 Å². The lowest BCUT2D eigenvalue weighted by Crippen LogP contribution is -2.36. The Morgan fingerprint density at radius 2 is 1.33 bits per heavy atom. The smallest absolute Gasteiger partial charge is 0.262 e. The Kier molecular flexibility index (Phi) is 10.4. The second-order valence-electron chi connectivity index (χ2n) is 13.0. The molecule has 2 amide bonds. The predicted molar refractivity (Wildman–Crippen MR) is 200 cm³/mol. The van der Waals surface area contributed by atoms with E-state index in [4.69, 9.17) is 27.9 Å². The molecule has 7 rings (SSSR count). The first kappa shape index (κ1) is 34.7. The first-order chi connectivity index (χ1) is 24.8. The van der Waals surface area contributed by atoms with Crippen molar-refractivity contribution in [3.05, 3.63) is 111 Å². The average molecular weight is 726 g/mol. The van der Waals surface area contributed by atoms with Crippen LogP contribution >= 0.6 is 23.2 Å². The van der Waals surface area contributed by atoms with Gasteiger partial charge in [0.1, 0.15) is 11.4 Å². The number of pyridine rings is 1. The maximum Gasteiger partial charge on any atom is 0.262 e. The molecule has 5 aromatic rings. The monoisotopic (exact) mass is 724 g/mol. The van der Waals surface area contributed by atoms with Crippen molar-refractivity contribution >= 4 is 40.7 Å².